The van der Waals surface area contributed by atoms with Gasteiger partial charge >= 0.3 is 0 Å². The molecule has 47 heavy (non-hydrogen) atoms. The van der Waals surface area contributed by atoms with Crippen LogP contribution in [-0.2, 0) is 24.8 Å². The number of aliphatic hydroxyl groups is 1. The van der Waals surface area contributed by atoms with E-state index in [0.29, 0.717) is 19.4 Å². The first-order valence-electron chi connectivity index (χ1n) is 15.4. The van der Waals surface area contributed by atoms with Gasteiger partial charge in [0.25, 0.3) is 26.0 Å². The largest absolute Gasteiger partial charge is 0.490 e. The number of ether oxygens (including phenoxy) is 2. The molecule has 1 aliphatic rings. The molecule has 3 heterocycles. The van der Waals surface area contributed by atoms with Crippen molar-refractivity contribution in [1.82, 2.24) is 14.4 Å². The maximum Gasteiger partial charge on any atom is 0.267 e. The molecule has 3 aromatic rings. The zero-order valence-corrected chi connectivity index (χ0v) is 30.0. The lowest BCUT2D eigenvalue weighted by atomic mass is 10.0. The molecule has 1 aromatic carbocycles. The summed E-state index contributed by atoms with van der Waals surface area (Å²) in [5.41, 5.74) is 0.431. The third-order valence-corrected chi connectivity index (χ3v) is 13.0. The van der Waals surface area contributed by atoms with Gasteiger partial charge in [0.05, 0.1) is 30.4 Å². The van der Waals surface area contributed by atoms with Crippen molar-refractivity contribution in [2.24, 2.45) is 5.92 Å². The first kappa shape index (κ1) is 36.8. The summed E-state index contributed by atoms with van der Waals surface area (Å²) >= 11 is 1.14. The highest BCUT2D eigenvalue weighted by atomic mass is 32.2. The lowest BCUT2D eigenvalue weighted by Gasteiger charge is -2.35. The minimum Gasteiger partial charge on any atom is -0.490 e. The van der Waals surface area contributed by atoms with Gasteiger partial charge in [-0.15, -0.1) is 11.3 Å². The Morgan fingerprint density at radius 3 is 2.55 bits per heavy atom. The molecule has 13 nitrogen and oxygen atoms in total. The fraction of sp³-hybridized carbons (Fsp3) is 0.548. The average molecular weight is 713 g/mol. The molecule has 4 atom stereocenters. The Balaban J connectivity index is 1.69. The predicted molar refractivity (Wildman–Crippen MR) is 178 cm³/mol. The quantitative estimate of drug-likeness (QED) is 0.327. The SMILES string of the molecule is Cc1noc(C)c1S(=O)(=O)Nc1ccc2c(c1)C(=O)N([C@H](C)CO)C[C@@H](C)[C@@H](CN(C)S(=O)(=O)c1cccs1)OCCCC[C@@H](C)O2. The Labute approximate surface area is 280 Å². The van der Waals surface area contributed by atoms with Crippen LogP contribution in [-0.4, -0.2) is 93.8 Å². The van der Waals surface area contributed by atoms with Crippen LogP contribution in [0.3, 0.4) is 0 Å². The lowest BCUT2D eigenvalue weighted by molar-refractivity contribution is -0.00832. The summed E-state index contributed by atoms with van der Waals surface area (Å²) in [6.45, 7) is 8.70. The molecule has 2 aromatic heterocycles. The predicted octanol–water partition coefficient (Wildman–Crippen LogP) is 4.27. The molecule has 1 aliphatic heterocycles. The van der Waals surface area contributed by atoms with Gasteiger partial charge in [0.1, 0.15) is 15.7 Å². The van der Waals surface area contributed by atoms with Crippen LogP contribution in [0.4, 0.5) is 5.69 Å². The highest BCUT2D eigenvalue weighted by Gasteiger charge is 2.33. The maximum atomic E-state index is 14.3. The minimum absolute atomic E-state index is 0.0562. The molecule has 2 N–H and O–H groups in total. The number of likely N-dealkylation sites (N-methyl/N-ethyl adjacent to an activating group) is 1. The zero-order chi connectivity index (χ0) is 34.5. The van der Waals surface area contributed by atoms with Crippen molar-refractivity contribution >= 4 is 43.0 Å². The number of amides is 1. The molecule has 0 bridgehead atoms. The van der Waals surface area contributed by atoms with E-state index in [4.69, 9.17) is 14.0 Å². The molecule has 16 heteroatoms. The van der Waals surface area contributed by atoms with Gasteiger partial charge in [-0.1, -0.05) is 18.1 Å². The average Bonchev–Trinajstić information content (AvgIpc) is 3.69. The van der Waals surface area contributed by atoms with Crippen molar-refractivity contribution in [3.8, 4) is 5.75 Å². The normalized spacial score (nSPS) is 21.1. The number of anilines is 1. The molecule has 1 amide bonds. The van der Waals surface area contributed by atoms with Crippen LogP contribution in [0, 0.1) is 19.8 Å². The number of fused-ring (bicyclic) bond motifs is 1. The van der Waals surface area contributed by atoms with Gasteiger partial charge < -0.3 is 24.0 Å². The summed E-state index contributed by atoms with van der Waals surface area (Å²) in [6, 6.07) is 7.10. The Hall–Kier alpha value is -3.02. The Kier molecular flexibility index (Phi) is 12.1. The summed E-state index contributed by atoms with van der Waals surface area (Å²) in [4.78, 5) is 15.7. The third kappa shape index (κ3) is 8.72. The number of nitrogens with one attached hydrogen (secondary N) is 1. The van der Waals surface area contributed by atoms with Crippen molar-refractivity contribution in [2.45, 2.75) is 81.2 Å². The van der Waals surface area contributed by atoms with E-state index in [0.717, 1.165) is 17.8 Å². The van der Waals surface area contributed by atoms with Crippen LogP contribution in [0.25, 0.3) is 0 Å². The van der Waals surface area contributed by atoms with Gasteiger partial charge in [-0.3, -0.25) is 9.52 Å². The van der Waals surface area contributed by atoms with Gasteiger partial charge in [0.2, 0.25) is 0 Å². The molecule has 0 unspecified atom stereocenters. The van der Waals surface area contributed by atoms with Gasteiger partial charge in [-0.2, -0.15) is 4.31 Å². The Bertz CT molecular complexity index is 1710. The highest BCUT2D eigenvalue weighted by molar-refractivity contribution is 7.92. The van der Waals surface area contributed by atoms with Crippen molar-refractivity contribution in [2.75, 3.05) is 38.1 Å². The van der Waals surface area contributed by atoms with E-state index < -0.39 is 38.1 Å². The summed E-state index contributed by atoms with van der Waals surface area (Å²) in [7, 11) is -6.34. The number of carbonyl (C=O) groups is 1. The van der Waals surface area contributed by atoms with E-state index in [1.807, 2.05) is 13.8 Å². The number of sulfonamides is 2. The molecule has 0 radical (unpaired) electrons. The zero-order valence-electron chi connectivity index (χ0n) is 27.5. The van der Waals surface area contributed by atoms with Crippen molar-refractivity contribution in [3.05, 3.63) is 52.7 Å². The molecule has 0 fully saturated rings. The molecule has 0 aliphatic carbocycles. The minimum atomic E-state index is -4.11. The Morgan fingerprint density at radius 1 is 1.17 bits per heavy atom. The fourth-order valence-corrected chi connectivity index (χ4v) is 9.19. The molecule has 4 rings (SSSR count). The third-order valence-electron chi connectivity index (χ3n) is 8.14. The monoisotopic (exact) mass is 712 g/mol. The highest BCUT2D eigenvalue weighted by Crippen LogP contribution is 2.31. The second-order valence-corrected chi connectivity index (χ2v) is 16.8. The first-order valence-corrected chi connectivity index (χ1v) is 19.3. The van der Waals surface area contributed by atoms with Crippen LogP contribution in [0.1, 0.15) is 61.8 Å². The van der Waals surface area contributed by atoms with Crippen molar-refractivity contribution in [3.63, 3.8) is 0 Å². The molecule has 0 saturated heterocycles. The number of aliphatic hydroxyl groups excluding tert-OH is 1. The van der Waals surface area contributed by atoms with E-state index in [-0.39, 0.29) is 69.3 Å². The summed E-state index contributed by atoms with van der Waals surface area (Å²) in [5.74, 6) is -0.447. The van der Waals surface area contributed by atoms with Crippen LogP contribution < -0.4 is 9.46 Å². The summed E-state index contributed by atoms with van der Waals surface area (Å²) < 4.78 is 74.6. The summed E-state index contributed by atoms with van der Waals surface area (Å²) in [6.07, 6.45) is 1.28. The lowest BCUT2D eigenvalue weighted by Crippen LogP contribution is -2.48. The second kappa shape index (κ2) is 15.5. The standard InChI is InChI=1S/C31H44N4O9S3/c1-20-17-35(21(2)19-36)31(37)26-16-25(33-46(38,39)30-23(4)32-44-24(30)5)12-13-27(26)43-22(3)10-7-8-14-42-28(20)18-34(6)47(40,41)29-11-9-15-45-29/h9,11-13,15-16,20-22,28,33,36H,7-8,10,14,17-19H2,1-6H3/t20-,21-,22-,28-/m1/s1. The van der Waals surface area contributed by atoms with Crippen LogP contribution in [0.2, 0.25) is 0 Å². The van der Waals surface area contributed by atoms with Gasteiger partial charge in [-0.25, -0.2) is 16.8 Å². The van der Waals surface area contributed by atoms with E-state index in [1.54, 1.807) is 30.5 Å². The number of benzene rings is 1. The number of aromatic nitrogens is 1. The van der Waals surface area contributed by atoms with E-state index in [2.05, 4.69) is 9.88 Å². The number of thiophene rings is 1. The number of hydrogen-bond acceptors (Lipinski definition) is 11. The summed E-state index contributed by atoms with van der Waals surface area (Å²) in [5, 5.41) is 15.6. The second-order valence-electron chi connectivity index (χ2n) is 12.0. The van der Waals surface area contributed by atoms with E-state index in [1.165, 1.54) is 42.2 Å². The number of aryl methyl sites for hydroxylation is 2. The van der Waals surface area contributed by atoms with Gasteiger partial charge in [0, 0.05) is 38.3 Å². The molecule has 0 saturated carbocycles. The van der Waals surface area contributed by atoms with Gasteiger partial charge in [-0.05, 0) is 76.6 Å². The number of hydrogen-bond donors (Lipinski definition) is 2. The molecule has 260 valence electrons. The number of nitrogens with zero attached hydrogens (tertiary/aromatic N) is 3. The van der Waals surface area contributed by atoms with Crippen molar-refractivity contribution in [1.29, 1.82) is 0 Å². The van der Waals surface area contributed by atoms with E-state index in [9.17, 15) is 26.7 Å². The number of rotatable bonds is 9. The smallest absolute Gasteiger partial charge is 0.267 e. The van der Waals surface area contributed by atoms with Crippen LogP contribution in [0.5, 0.6) is 5.75 Å². The van der Waals surface area contributed by atoms with E-state index >= 15 is 0 Å². The topological polar surface area (TPSA) is 169 Å². The molecule has 0 spiro atoms. The first-order chi connectivity index (χ1) is 22.1. The number of carbonyl (C=O) groups excluding carboxylic acids is 1. The molecular formula is C31H44N4O9S3. The fourth-order valence-electron chi connectivity index (χ4n) is 5.43. The maximum absolute atomic E-state index is 14.3. The van der Waals surface area contributed by atoms with Gasteiger partial charge in [0.15, 0.2) is 10.7 Å². The Morgan fingerprint density at radius 2 is 1.91 bits per heavy atom. The van der Waals surface area contributed by atoms with Crippen LogP contribution in [0.15, 0.2) is 49.3 Å². The molecular weight excluding hydrogens is 669 g/mol. The van der Waals surface area contributed by atoms with Crippen molar-refractivity contribution < 1.29 is 40.7 Å². The van der Waals surface area contributed by atoms with Crippen LogP contribution >= 0.6 is 11.3 Å².